The second kappa shape index (κ2) is 10.6. The molecule has 3 atom stereocenters. The lowest BCUT2D eigenvalue weighted by Gasteiger charge is -2.60. The van der Waals surface area contributed by atoms with Crippen molar-refractivity contribution in [3.05, 3.63) is 23.7 Å². The SMILES string of the molecule is CN(CC1CC[C@@H]2C[C@H]1C2(C)C)c1nc(Nc2ccc3ncsc3c2)nc(N2CCN(C(=O)OC(C)(C)C)CC2)n1. The summed E-state index contributed by atoms with van der Waals surface area (Å²) in [4.78, 5) is 37.8. The zero-order valence-electron chi connectivity index (χ0n) is 25.1. The highest BCUT2D eigenvalue weighted by molar-refractivity contribution is 7.16. The Balaban J connectivity index is 1.22. The number of ether oxygens (including phenoxy) is 1. The number of carbonyl (C=O) groups is 1. The molecule has 3 aromatic rings. The molecular formula is C30H42N8O2S. The summed E-state index contributed by atoms with van der Waals surface area (Å²) < 4.78 is 6.69. The molecule has 1 aromatic carbocycles. The van der Waals surface area contributed by atoms with Crippen LogP contribution in [0.25, 0.3) is 10.2 Å². The van der Waals surface area contributed by atoms with Gasteiger partial charge < -0.3 is 24.8 Å². The monoisotopic (exact) mass is 578 g/mol. The normalized spacial score (nSPS) is 23.7. The van der Waals surface area contributed by atoms with Crippen molar-refractivity contribution >= 4 is 51.2 Å². The van der Waals surface area contributed by atoms with Crippen molar-refractivity contribution in [2.75, 3.05) is 54.9 Å². The quantitative estimate of drug-likeness (QED) is 0.390. The molecule has 41 heavy (non-hydrogen) atoms. The van der Waals surface area contributed by atoms with Gasteiger partial charge in [-0.15, -0.1) is 11.3 Å². The van der Waals surface area contributed by atoms with Crippen molar-refractivity contribution < 1.29 is 9.53 Å². The minimum absolute atomic E-state index is 0.275. The molecule has 10 nitrogen and oxygen atoms in total. The molecule has 1 saturated heterocycles. The number of thiazole rings is 1. The lowest BCUT2D eigenvalue weighted by atomic mass is 9.45. The topological polar surface area (TPSA) is 99.6 Å². The maximum Gasteiger partial charge on any atom is 0.410 e. The first kappa shape index (κ1) is 27.9. The van der Waals surface area contributed by atoms with Gasteiger partial charge in [0.25, 0.3) is 0 Å². The van der Waals surface area contributed by atoms with Crippen LogP contribution in [-0.2, 0) is 4.74 Å². The summed E-state index contributed by atoms with van der Waals surface area (Å²) in [6.07, 6.45) is 3.66. The number of aromatic nitrogens is 4. The Bertz CT molecular complexity index is 1410. The molecule has 4 aliphatic rings. The number of hydrogen-bond acceptors (Lipinski definition) is 10. The lowest BCUT2D eigenvalue weighted by Crippen LogP contribution is -2.54. The predicted molar refractivity (Wildman–Crippen MR) is 164 cm³/mol. The number of benzene rings is 1. The minimum Gasteiger partial charge on any atom is -0.444 e. The number of fused-ring (bicyclic) bond motifs is 3. The van der Waals surface area contributed by atoms with Gasteiger partial charge in [-0.25, -0.2) is 9.78 Å². The molecule has 7 rings (SSSR count). The Morgan fingerprint density at radius 3 is 2.63 bits per heavy atom. The van der Waals surface area contributed by atoms with Gasteiger partial charge in [-0.3, -0.25) is 0 Å². The van der Waals surface area contributed by atoms with Gasteiger partial charge >= 0.3 is 6.09 Å². The Kier molecular flexibility index (Phi) is 7.20. The van der Waals surface area contributed by atoms with E-state index >= 15 is 0 Å². The Labute approximate surface area is 246 Å². The van der Waals surface area contributed by atoms with Gasteiger partial charge in [-0.2, -0.15) is 15.0 Å². The van der Waals surface area contributed by atoms with Crippen LogP contribution in [0.15, 0.2) is 23.7 Å². The van der Waals surface area contributed by atoms with E-state index in [-0.39, 0.29) is 6.09 Å². The summed E-state index contributed by atoms with van der Waals surface area (Å²) in [5, 5.41) is 3.43. The van der Waals surface area contributed by atoms with Crippen LogP contribution in [-0.4, -0.2) is 76.3 Å². The van der Waals surface area contributed by atoms with Crippen molar-refractivity contribution in [3.63, 3.8) is 0 Å². The maximum absolute atomic E-state index is 12.6. The molecular weight excluding hydrogens is 536 g/mol. The largest absolute Gasteiger partial charge is 0.444 e. The van der Waals surface area contributed by atoms with E-state index in [0.717, 1.165) is 34.3 Å². The average molecular weight is 579 g/mol. The third-order valence-electron chi connectivity index (χ3n) is 9.26. The summed E-state index contributed by atoms with van der Waals surface area (Å²) >= 11 is 1.61. The fourth-order valence-electron chi connectivity index (χ4n) is 6.81. The molecule has 4 fully saturated rings. The van der Waals surface area contributed by atoms with Gasteiger partial charge in [0.15, 0.2) is 0 Å². The molecule has 1 amide bonds. The third-order valence-corrected chi connectivity index (χ3v) is 10.1. The summed E-state index contributed by atoms with van der Waals surface area (Å²) in [5.74, 6) is 4.09. The van der Waals surface area contributed by atoms with E-state index in [1.54, 1.807) is 16.2 Å². The molecule has 11 heteroatoms. The maximum atomic E-state index is 12.6. The van der Waals surface area contributed by atoms with Crippen LogP contribution < -0.4 is 15.1 Å². The first-order valence-corrected chi connectivity index (χ1v) is 15.6. The van der Waals surface area contributed by atoms with E-state index in [1.165, 1.54) is 19.3 Å². The Morgan fingerprint density at radius 1 is 1.15 bits per heavy atom. The summed E-state index contributed by atoms with van der Waals surface area (Å²) in [6, 6.07) is 6.10. The van der Waals surface area contributed by atoms with Gasteiger partial charge in [0, 0.05) is 45.5 Å². The molecule has 0 radical (unpaired) electrons. The third kappa shape index (κ3) is 5.78. The van der Waals surface area contributed by atoms with E-state index in [4.69, 9.17) is 19.7 Å². The van der Waals surface area contributed by atoms with Crippen LogP contribution in [0.4, 0.5) is 28.3 Å². The molecule has 1 aliphatic heterocycles. The molecule has 1 N–H and O–H groups in total. The number of anilines is 4. The highest BCUT2D eigenvalue weighted by Gasteiger charge is 2.54. The van der Waals surface area contributed by atoms with E-state index in [1.807, 2.05) is 38.4 Å². The number of hydrogen-bond donors (Lipinski definition) is 1. The summed E-state index contributed by atoms with van der Waals surface area (Å²) in [5.41, 5.74) is 3.67. The summed E-state index contributed by atoms with van der Waals surface area (Å²) in [7, 11) is 2.10. The van der Waals surface area contributed by atoms with Crippen molar-refractivity contribution in [1.29, 1.82) is 0 Å². The van der Waals surface area contributed by atoms with Gasteiger partial charge in [0.2, 0.25) is 17.8 Å². The van der Waals surface area contributed by atoms with Crippen LogP contribution >= 0.6 is 11.3 Å². The molecule has 3 aliphatic carbocycles. The predicted octanol–water partition coefficient (Wildman–Crippen LogP) is 5.79. The molecule has 220 valence electrons. The Hall–Kier alpha value is -3.21. The zero-order valence-corrected chi connectivity index (χ0v) is 25.9. The Morgan fingerprint density at radius 2 is 1.93 bits per heavy atom. The highest BCUT2D eigenvalue weighted by atomic mass is 32.1. The van der Waals surface area contributed by atoms with Crippen molar-refractivity contribution in [2.45, 2.75) is 59.5 Å². The zero-order chi connectivity index (χ0) is 28.9. The van der Waals surface area contributed by atoms with E-state index in [0.29, 0.717) is 55.4 Å². The van der Waals surface area contributed by atoms with Gasteiger partial charge in [-0.1, -0.05) is 13.8 Å². The van der Waals surface area contributed by atoms with Crippen LogP contribution in [0, 0.1) is 23.2 Å². The molecule has 3 saturated carbocycles. The van der Waals surface area contributed by atoms with Gasteiger partial charge in [0.1, 0.15) is 5.60 Å². The van der Waals surface area contributed by atoms with Crippen molar-refractivity contribution in [3.8, 4) is 0 Å². The molecule has 2 bridgehead atoms. The van der Waals surface area contributed by atoms with Crippen LogP contribution in [0.5, 0.6) is 0 Å². The number of nitrogens with one attached hydrogen (secondary N) is 1. The van der Waals surface area contributed by atoms with Gasteiger partial charge in [0.05, 0.1) is 15.7 Å². The highest BCUT2D eigenvalue weighted by Crippen LogP contribution is 2.61. The van der Waals surface area contributed by atoms with Crippen LogP contribution in [0.1, 0.15) is 53.9 Å². The fourth-order valence-corrected chi connectivity index (χ4v) is 7.53. The first-order valence-electron chi connectivity index (χ1n) is 14.8. The molecule has 0 spiro atoms. The summed E-state index contributed by atoms with van der Waals surface area (Å²) in [6.45, 7) is 13.8. The van der Waals surface area contributed by atoms with Crippen molar-refractivity contribution in [2.24, 2.45) is 23.2 Å². The van der Waals surface area contributed by atoms with E-state index in [2.05, 4.69) is 47.1 Å². The van der Waals surface area contributed by atoms with E-state index in [9.17, 15) is 4.79 Å². The number of nitrogens with zero attached hydrogens (tertiary/aromatic N) is 7. The van der Waals surface area contributed by atoms with Crippen molar-refractivity contribution in [1.82, 2.24) is 24.8 Å². The fraction of sp³-hybridized carbons (Fsp3) is 0.633. The molecule has 1 unspecified atom stereocenters. The van der Waals surface area contributed by atoms with Crippen LogP contribution in [0.2, 0.25) is 0 Å². The smallest absolute Gasteiger partial charge is 0.410 e. The number of piperazine rings is 1. The standard InChI is InChI=1S/C30H42N8O2S/c1-29(2,3)40-28(39)38-13-11-37(12-14-38)27-34-25(32-21-9-10-23-24(16-21)41-18-31-23)33-26(35-27)36(6)17-19-7-8-20-15-22(19)30(20,4)5/h9-10,16,18-20,22H,7-8,11-15,17H2,1-6H3,(H,32,33,34,35)/t19?,20-,22-/m1/s1. The minimum atomic E-state index is -0.515. The molecule has 2 aromatic heterocycles. The second-order valence-corrected chi connectivity index (χ2v) is 14.3. The van der Waals surface area contributed by atoms with Crippen LogP contribution in [0.3, 0.4) is 0 Å². The number of carbonyl (C=O) groups excluding carboxylic acids is 1. The number of amides is 1. The number of rotatable bonds is 6. The van der Waals surface area contributed by atoms with E-state index < -0.39 is 5.60 Å². The lowest BCUT2D eigenvalue weighted by molar-refractivity contribution is -0.102. The molecule has 3 heterocycles. The first-order chi connectivity index (χ1) is 19.5. The second-order valence-electron chi connectivity index (χ2n) is 13.5. The average Bonchev–Trinajstić information content (AvgIpc) is 3.40. The van der Waals surface area contributed by atoms with Gasteiger partial charge in [-0.05, 0) is 81.4 Å².